The molecule has 144 valence electrons. The molecule has 0 radical (unpaired) electrons. The molecule has 1 aromatic carbocycles. The van der Waals surface area contributed by atoms with Crippen molar-refractivity contribution in [2.45, 2.75) is 32.7 Å². The number of nitrogens with one attached hydrogen (secondary N) is 2. The molecule has 1 aliphatic rings. The fourth-order valence-corrected chi connectivity index (χ4v) is 3.00. The second kappa shape index (κ2) is 9.92. The molecule has 2 aromatic rings. The summed E-state index contributed by atoms with van der Waals surface area (Å²) in [5.74, 6) is 2.19. The van der Waals surface area contributed by atoms with E-state index < -0.39 is 0 Å². The zero-order valence-electron chi connectivity index (χ0n) is 15.7. The number of carbonyl (C=O) groups excluding carboxylic acids is 1. The van der Waals surface area contributed by atoms with E-state index in [1.807, 2.05) is 36.4 Å². The van der Waals surface area contributed by atoms with E-state index in [9.17, 15) is 4.79 Å². The van der Waals surface area contributed by atoms with E-state index in [0.717, 1.165) is 43.7 Å². The van der Waals surface area contributed by atoms with Crippen LogP contribution in [0.5, 0.6) is 17.4 Å². The molecule has 2 N–H and O–H groups in total. The SMILES string of the molecule is CCCOc1ccc(Oc2ncccc2CNC(=O)C2CCNCC2)cc1. The van der Waals surface area contributed by atoms with E-state index in [-0.39, 0.29) is 11.8 Å². The van der Waals surface area contributed by atoms with Crippen molar-refractivity contribution in [2.24, 2.45) is 5.92 Å². The first kappa shape index (κ1) is 19.2. The Labute approximate surface area is 160 Å². The summed E-state index contributed by atoms with van der Waals surface area (Å²) in [7, 11) is 0. The van der Waals surface area contributed by atoms with Crippen molar-refractivity contribution in [2.75, 3.05) is 19.7 Å². The minimum absolute atomic E-state index is 0.0861. The molecule has 6 nitrogen and oxygen atoms in total. The van der Waals surface area contributed by atoms with Crippen LogP contribution in [0.3, 0.4) is 0 Å². The van der Waals surface area contributed by atoms with Crippen LogP contribution in [0.25, 0.3) is 0 Å². The molecule has 1 amide bonds. The molecule has 1 aliphatic heterocycles. The van der Waals surface area contributed by atoms with Crippen LogP contribution in [0.15, 0.2) is 42.6 Å². The van der Waals surface area contributed by atoms with Crippen molar-refractivity contribution < 1.29 is 14.3 Å². The number of rotatable bonds is 8. The van der Waals surface area contributed by atoms with Crippen LogP contribution in [0, 0.1) is 5.92 Å². The van der Waals surface area contributed by atoms with Crippen LogP contribution in [0.4, 0.5) is 0 Å². The molecule has 1 saturated heterocycles. The molecule has 0 aliphatic carbocycles. The lowest BCUT2D eigenvalue weighted by Crippen LogP contribution is -2.37. The number of piperidine rings is 1. The third kappa shape index (κ3) is 5.69. The van der Waals surface area contributed by atoms with Gasteiger partial charge in [0.05, 0.1) is 6.61 Å². The van der Waals surface area contributed by atoms with E-state index in [2.05, 4.69) is 22.5 Å². The van der Waals surface area contributed by atoms with Crippen LogP contribution in [-0.2, 0) is 11.3 Å². The Hall–Kier alpha value is -2.60. The van der Waals surface area contributed by atoms with Crippen LogP contribution >= 0.6 is 0 Å². The van der Waals surface area contributed by atoms with Gasteiger partial charge in [0.25, 0.3) is 0 Å². The van der Waals surface area contributed by atoms with E-state index in [4.69, 9.17) is 9.47 Å². The van der Waals surface area contributed by atoms with Crippen molar-refractivity contribution in [1.29, 1.82) is 0 Å². The summed E-state index contributed by atoms with van der Waals surface area (Å²) in [6.45, 7) is 4.98. The largest absolute Gasteiger partial charge is 0.494 e. The first-order valence-electron chi connectivity index (χ1n) is 9.59. The van der Waals surface area contributed by atoms with Gasteiger partial charge in [-0.15, -0.1) is 0 Å². The van der Waals surface area contributed by atoms with Crippen LogP contribution < -0.4 is 20.1 Å². The zero-order valence-corrected chi connectivity index (χ0v) is 15.7. The highest BCUT2D eigenvalue weighted by Crippen LogP contribution is 2.25. The average Bonchev–Trinajstić information content (AvgIpc) is 2.73. The maximum atomic E-state index is 12.4. The first-order valence-corrected chi connectivity index (χ1v) is 9.59. The molecule has 0 saturated carbocycles. The summed E-state index contributed by atoms with van der Waals surface area (Å²) in [4.78, 5) is 16.7. The molecule has 27 heavy (non-hydrogen) atoms. The lowest BCUT2D eigenvalue weighted by Gasteiger charge is -2.22. The standard InChI is InChI=1S/C21H27N3O3/c1-2-14-26-18-5-7-19(8-6-18)27-21-17(4-3-11-23-21)15-24-20(25)16-9-12-22-13-10-16/h3-8,11,16,22H,2,9-10,12-15H2,1H3,(H,24,25). The lowest BCUT2D eigenvalue weighted by molar-refractivity contribution is -0.125. The summed E-state index contributed by atoms with van der Waals surface area (Å²) in [5, 5.41) is 6.30. The molecular formula is C21H27N3O3. The summed E-state index contributed by atoms with van der Waals surface area (Å²) in [5.41, 5.74) is 0.853. The van der Waals surface area contributed by atoms with Gasteiger partial charge in [0.15, 0.2) is 0 Å². The smallest absolute Gasteiger partial charge is 0.224 e. The number of hydrogen-bond donors (Lipinski definition) is 2. The van der Waals surface area contributed by atoms with Crippen LogP contribution in [0.1, 0.15) is 31.7 Å². The number of ether oxygens (including phenoxy) is 2. The fourth-order valence-electron chi connectivity index (χ4n) is 3.00. The zero-order chi connectivity index (χ0) is 18.9. The molecule has 0 bridgehead atoms. The lowest BCUT2D eigenvalue weighted by atomic mass is 9.97. The Morgan fingerprint density at radius 2 is 1.93 bits per heavy atom. The maximum absolute atomic E-state index is 12.4. The van der Waals surface area contributed by atoms with Gasteiger partial charge in [-0.25, -0.2) is 4.98 Å². The average molecular weight is 369 g/mol. The summed E-state index contributed by atoms with van der Waals surface area (Å²) >= 11 is 0. The van der Waals surface area contributed by atoms with Crippen LogP contribution in [0.2, 0.25) is 0 Å². The molecule has 1 aromatic heterocycles. The van der Waals surface area contributed by atoms with E-state index in [0.29, 0.717) is 24.8 Å². The molecule has 0 spiro atoms. The van der Waals surface area contributed by atoms with Gasteiger partial charge in [0.2, 0.25) is 11.8 Å². The number of nitrogens with zero attached hydrogens (tertiary/aromatic N) is 1. The number of benzene rings is 1. The summed E-state index contributed by atoms with van der Waals surface area (Å²) in [6.07, 6.45) is 4.42. The molecule has 3 rings (SSSR count). The molecular weight excluding hydrogens is 342 g/mol. The Bertz CT molecular complexity index is 728. The monoisotopic (exact) mass is 369 g/mol. The quantitative estimate of drug-likeness (QED) is 0.747. The normalized spacial score (nSPS) is 14.6. The van der Waals surface area contributed by atoms with E-state index in [1.165, 1.54) is 0 Å². The molecule has 0 unspecified atom stereocenters. The first-order chi connectivity index (χ1) is 13.3. The number of hydrogen-bond acceptors (Lipinski definition) is 5. The summed E-state index contributed by atoms with van der Waals surface area (Å²) < 4.78 is 11.5. The third-order valence-corrected chi connectivity index (χ3v) is 4.52. The number of carbonyl (C=O) groups is 1. The molecule has 2 heterocycles. The Morgan fingerprint density at radius 1 is 1.19 bits per heavy atom. The molecule has 6 heteroatoms. The third-order valence-electron chi connectivity index (χ3n) is 4.52. The van der Waals surface area contributed by atoms with Gasteiger partial charge < -0.3 is 20.1 Å². The van der Waals surface area contributed by atoms with Crippen molar-refractivity contribution >= 4 is 5.91 Å². The summed E-state index contributed by atoms with van der Waals surface area (Å²) in [6, 6.07) is 11.2. The Balaban J connectivity index is 1.59. The molecule has 1 fully saturated rings. The van der Waals surface area contributed by atoms with Gasteiger partial charge in [-0.3, -0.25) is 4.79 Å². The van der Waals surface area contributed by atoms with E-state index >= 15 is 0 Å². The van der Waals surface area contributed by atoms with Crippen molar-refractivity contribution in [3.63, 3.8) is 0 Å². The van der Waals surface area contributed by atoms with Crippen molar-refractivity contribution in [3.8, 4) is 17.4 Å². The van der Waals surface area contributed by atoms with Crippen molar-refractivity contribution in [3.05, 3.63) is 48.2 Å². The fraction of sp³-hybridized carbons (Fsp3) is 0.429. The van der Waals surface area contributed by atoms with Gasteiger partial charge in [-0.2, -0.15) is 0 Å². The molecule has 0 atom stereocenters. The highest BCUT2D eigenvalue weighted by atomic mass is 16.5. The maximum Gasteiger partial charge on any atom is 0.224 e. The highest BCUT2D eigenvalue weighted by Gasteiger charge is 2.20. The number of amides is 1. The number of pyridine rings is 1. The Morgan fingerprint density at radius 3 is 2.67 bits per heavy atom. The van der Waals surface area contributed by atoms with Gasteiger partial charge in [0, 0.05) is 24.2 Å². The second-order valence-electron chi connectivity index (χ2n) is 6.63. The second-order valence-corrected chi connectivity index (χ2v) is 6.63. The predicted molar refractivity (Wildman–Crippen MR) is 104 cm³/mol. The van der Waals surface area contributed by atoms with Gasteiger partial charge in [-0.05, 0) is 62.7 Å². The van der Waals surface area contributed by atoms with Crippen molar-refractivity contribution in [1.82, 2.24) is 15.6 Å². The highest BCUT2D eigenvalue weighted by molar-refractivity contribution is 5.78. The van der Waals surface area contributed by atoms with Gasteiger partial charge in [-0.1, -0.05) is 13.0 Å². The predicted octanol–water partition coefficient (Wildman–Crippen LogP) is 3.28. The van der Waals surface area contributed by atoms with E-state index in [1.54, 1.807) is 6.20 Å². The minimum atomic E-state index is 0.0861. The minimum Gasteiger partial charge on any atom is -0.494 e. The Kier molecular flexibility index (Phi) is 7.04. The van der Waals surface area contributed by atoms with Crippen LogP contribution in [-0.4, -0.2) is 30.6 Å². The number of aromatic nitrogens is 1. The topological polar surface area (TPSA) is 72.5 Å². The van der Waals surface area contributed by atoms with Gasteiger partial charge >= 0.3 is 0 Å². The van der Waals surface area contributed by atoms with Gasteiger partial charge in [0.1, 0.15) is 11.5 Å².